The zero-order valence-corrected chi connectivity index (χ0v) is 21.5. The third-order valence-corrected chi connectivity index (χ3v) is 12.6. The lowest BCUT2D eigenvalue weighted by molar-refractivity contribution is -0.153. The van der Waals surface area contributed by atoms with Gasteiger partial charge in [0.15, 0.2) is 0 Å². The predicted molar refractivity (Wildman–Crippen MR) is 122 cm³/mol. The monoisotopic (exact) mass is 472 g/mol. The van der Waals surface area contributed by atoms with Crippen LogP contribution in [0.15, 0.2) is 0 Å². The zero-order valence-electron chi connectivity index (χ0n) is 21.5. The largest absolute Gasteiger partial charge is 0.465 e. The zero-order chi connectivity index (χ0) is 24.0. The highest BCUT2D eigenvalue weighted by Crippen LogP contribution is 2.74. The number of hydrogen-bond donors (Lipinski definition) is 0. The van der Waals surface area contributed by atoms with E-state index < -0.39 is 0 Å². The van der Waals surface area contributed by atoms with Gasteiger partial charge in [0.25, 0.3) is 0 Å². The smallest absolute Gasteiger partial charge is 0.310 e. The van der Waals surface area contributed by atoms with Crippen LogP contribution in [0.25, 0.3) is 0 Å². The van der Waals surface area contributed by atoms with E-state index in [1.807, 2.05) is 0 Å². The topological polar surface area (TPSA) is 77.7 Å². The molecule has 0 radical (unpaired) electrons. The van der Waals surface area contributed by atoms with Crippen molar-refractivity contribution >= 4 is 11.9 Å². The van der Waals surface area contributed by atoms with Crippen molar-refractivity contribution in [2.75, 3.05) is 13.2 Å². The maximum absolute atomic E-state index is 12.1. The molecule has 6 saturated carbocycles. The number of cyclic esters (lactones) is 2. The number of fused-ring (bicyclic) bond motifs is 2. The van der Waals surface area contributed by atoms with E-state index in [9.17, 15) is 9.59 Å². The first kappa shape index (κ1) is 22.1. The van der Waals surface area contributed by atoms with Crippen LogP contribution in [0.2, 0.25) is 0 Å². The summed E-state index contributed by atoms with van der Waals surface area (Å²) in [6, 6.07) is 0. The van der Waals surface area contributed by atoms with Crippen LogP contribution >= 0.6 is 0 Å². The van der Waals surface area contributed by atoms with Crippen molar-refractivity contribution in [2.24, 2.45) is 57.2 Å². The highest BCUT2D eigenvalue weighted by Gasteiger charge is 2.80. The Balaban J connectivity index is 0.000000118. The molecule has 6 aliphatic carbocycles. The number of carbonyl (C=O) groups is 2. The van der Waals surface area contributed by atoms with Crippen LogP contribution in [0.5, 0.6) is 0 Å². The number of carbonyl (C=O) groups excluding carboxylic acids is 2. The lowest BCUT2D eigenvalue weighted by Gasteiger charge is -2.56. The van der Waals surface area contributed by atoms with E-state index in [1.54, 1.807) is 0 Å². The molecule has 6 nitrogen and oxygen atoms in total. The number of ether oxygens (including phenoxy) is 4. The Kier molecular flexibility index (Phi) is 4.16. The molecule has 12 unspecified atom stereocenters. The Morgan fingerprint density at radius 3 is 1.79 bits per heavy atom. The number of rotatable bonds is 2. The standard InChI is InChI=1S/2C14H20O3/c1-7(2)14-5-4-13(3,10-11(14)17-10)9-8(14)6-16-12(9)15;1-7(2)14-5-4-13(3,10-11(14)17-10)8-6-16-12(15)9(8)14/h2*7-11H,4-6H2,1-3H3. The third-order valence-electron chi connectivity index (χ3n) is 12.6. The van der Waals surface area contributed by atoms with Crippen LogP contribution in [0.4, 0.5) is 0 Å². The molecular weight excluding hydrogens is 432 g/mol. The van der Waals surface area contributed by atoms with E-state index in [-0.39, 0.29) is 45.4 Å². The van der Waals surface area contributed by atoms with Gasteiger partial charge in [0.05, 0.1) is 49.5 Å². The molecule has 34 heavy (non-hydrogen) atoms. The summed E-state index contributed by atoms with van der Waals surface area (Å²) in [5, 5.41) is 0. The van der Waals surface area contributed by atoms with Gasteiger partial charge >= 0.3 is 11.9 Å². The predicted octanol–water partition coefficient (Wildman–Crippen LogP) is 4.00. The average Bonchev–Trinajstić information content (AvgIpc) is 3.69. The fourth-order valence-electron chi connectivity index (χ4n) is 10.5. The van der Waals surface area contributed by atoms with Crippen LogP contribution in [0, 0.1) is 57.2 Å². The fraction of sp³-hybridized carbons (Fsp3) is 0.929. The van der Waals surface area contributed by atoms with E-state index in [0.29, 0.717) is 61.3 Å². The van der Waals surface area contributed by atoms with Gasteiger partial charge in [0.2, 0.25) is 0 Å². The van der Waals surface area contributed by atoms with Gasteiger partial charge in [0, 0.05) is 33.5 Å². The molecule has 4 aliphatic heterocycles. The Morgan fingerprint density at radius 2 is 1.15 bits per heavy atom. The molecule has 0 amide bonds. The SMILES string of the molecule is CC(C)C12CCC(C)(C3COC(=O)C31)C1OC12.CC(C)C12CCC(C)(C3OC31)C1C(=O)OCC12. The van der Waals surface area contributed by atoms with Crippen LogP contribution in [0.1, 0.15) is 67.2 Å². The molecule has 4 saturated heterocycles. The van der Waals surface area contributed by atoms with E-state index in [4.69, 9.17) is 18.9 Å². The van der Waals surface area contributed by atoms with Crippen LogP contribution in [0.3, 0.4) is 0 Å². The fourth-order valence-corrected chi connectivity index (χ4v) is 10.5. The number of esters is 2. The minimum Gasteiger partial charge on any atom is -0.465 e. The third kappa shape index (κ3) is 2.24. The molecule has 188 valence electrons. The van der Waals surface area contributed by atoms with Crippen molar-refractivity contribution in [3.8, 4) is 0 Å². The molecule has 4 bridgehead atoms. The second kappa shape index (κ2) is 6.40. The Morgan fingerprint density at radius 1 is 0.647 bits per heavy atom. The van der Waals surface area contributed by atoms with E-state index in [2.05, 4.69) is 41.5 Å². The van der Waals surface area contributed by atoms with Gasteiger partial charge in [0.1, 0.15) is 0 Å². The molecule has 4 heterocycles. The molecule has 12 atom stereocenters. The quantitative estimate of drug-likeness (QED) is 0.447. The molecule has 6 heteroatoms. The van der Waals surface area contributed by atoms with Gasteiger partial charge in [-0.15, -0.1) is 0 Å². The van der Waals surface area contributed by atoms with Crippen molar-refractivity contribution < 1.29 is 28.5 Å². The Bertz CT molecular complexity index is 961. The highest BCUT2D eigenvalue weighted by molar-refractivity contribution is 5.78. The summed E-state index contributed by atoms with van der Waals surface area (Å²) in [7, 11) is 0. The minimum atomic E-state index is 0.0381. The van der Waals surface area contributed by atoms with Gasteiger partial charge in [-0.2, -0.15) is 0 Å². The molecule has 0 N–H and O–H groups in total. The Labute approximate surface area is 202 Å². The lowest BCUT2D eigenvalue weighted by atomic mass is 9.43. The molecule has 0 aromatic heterocycles. The van der Waals surface area contributed by atoms with E-state index in [0.717, 1.165) is 12.8 Å². The first-order valence-electron chi connectivity index (χ1n) is 13.7. The average molecular weight is 473 g/mol. The number of epoxide rings is 2. The first-order chi connectivity index (χ1) is 16.0. The van der Waals surface area contributed by atoms with Gasteiger partial charge in [-0.25, -0.2) is 0 Å². The van der Waals surface area contributed by atoms with Gasteiger partial charge in [-0.05, 0) is 37.5 Å². The van der Waals surface area contributed by atoms with Crippen LogP contribution in [-0.4, -0.2) is 49.6 Å². The summed E-state index contributed by atoms with van der Waals surface area (Å²) in [4.78, 5) is 24.2. The molecule has 0 aromatic carbocycles. The maximum Gasteiger partial charge on any atom is 0.310 e. The Hall–Kier alpha value is -1.14. The van der Waals surface area contributed by atoms with Crippen molar-refractivity contribution in [3.05, 3.63) is 0 Å². The second-order valence-electron chi connectivity index (χ2n) is 13.9. The van der Waals surface area contributed by atoms with Crippen molar-refractivity contribution in [2.45, 2.75) is 91.6 Å². The van der Waals surface area contributed by atoms with Gasteiger partial charge in [-0.3, -0.25) is 9.59 Å². The molecule has 10 fully saturated rings. The summed E-state index contributed by atoms with van der Waals surface area (Å²) in [5.41, 5.74) is 0.525. The summed E-state index contributed by atoms with van der Waals surface area (Å²) in [6.07, 6.45) is 6.12. The molecule has 0 spiro atoms. The summed E-state index contributed by atoms with van der Waals surface area (Å²) in [6.45, 7) is 14.9. The highest BCUT2D eigenvalue weighted by atomic mass is 16.6. The molecule has 0 aromatic rings. The summed E-state index contributed by atoms with van der Waals surface area (Å²) < 4.78 is 22.8. The van der Waals surface area contributed by atoms with Crippen LogP contribution < -0.4 is 0 Å². The minimum absolute atomic E-state index is 0.0381. The van der Waals surface area contributed by atoms with Crippen molar-refractivity contribution in [1.82, 2.24) is 0 Å². The normalized spacial score (nSPS) is 58.9. The van der Waals surface area contributed by atoms with Crippen LogP contribution in [-0.2, 0) is 28.5 Å². The van der Waals surface area contributed by atoms with E-state index >= 15 is 0 Å². The van der Waals surface area contributed by atoms with Crippen molar-refractivity contribution in [3.63, 3.8) is 0 Å². The van der Waals surface area contributed by atoms with Gasteiger partial charge < -0.3 is 18.9 Å². The maximum atomic E-state index is 12.1. The molecular formula is C28H40O6. The summed E-state index contributed by atoms with van der Waals surface area (Å²) >= 11 is 0. The molecule has 10 aliphatic rings. The van der Waals surface area contributed by atoms with Crippen molar-refractivity contribution in [1.29, 1.82) is 0 Å². The van der Waals surface area contributed by atoms with E-state index in [1.165, 1.54) is 12.8 Å². The molecule has 10 rings (SSSR count). The first-order valence-corrected chi connectivity index (χ1v) is 13.7. The summed E-state index contributed by atoms with van der Waals surface area (Å²) in [5.74, 6) is 2.16. The number of hydrogen-bond acceptors (Lipinski definition) is 6. The second-order valence-corrected chi connectivity index (χ2v) is 13.9. The lowest BCUT2D eigenvalue weighted by Crippen LogP contribution is -2.60. The van der Waals surface area contributed by atoms with Gasteiger partial charge in [-0.1, -0.05) is 41.5 Å².